The van der Waals surface area contributed by atoms with Gasteiger partial charge in [0.15, 0.2) is 0 Å². The van der Waals surface area contributed by atoms with E-state index in [1.807, 2.05) is 5.38 Å². The minimum atomic E-state index is 0.178. The first kappa shape index (κ1) is 15.0. The normalized spacial score (nSPS) is 26.5. The molecule has 1 amide bonds. The van der Waals surface area contributed by atoms with Crippen molar-refractivity contribution in [1.82, 2.24) is 9.88 Å². The lowest BCUT2D eigenvalue weighted by atomic mass is 9.81. The molecule has 1 aromatic heterocycles. The summed E-state index contributed by atoms with van der Waals surface area (Å²) in [6.45, 7) is 5.20. The standard InChI is InChI=1S/C17H26N2OS/c1-12(2)16-18-14(11-21-16)17(20)19-10-6-5-8-13-7-3-4-9-15(13)19/h11-13,15H,3-10H2,1-2H3/t13-,15+/m1/s1. The molecule has 116 valence electrons. The van der Waals surface area contributed by atoms with Crippen molar-refractivity contribution in [2.75, 3.05) is 6.54 Å². The third-order valence-electron chi connectivity index (χ3n) is 4.99. The van der Waals surface area contributed by atoms with Gasteiger partial charge in [-0.2, -0.15) is 0 Å². The summed E-state index contributed by atoms with van der Waals surface area (Å²) in [5.41, 5.74) is 0.676. The van der Waals surface area contributed by atoms with Crippen molar-refractivity contribution in [3.05, 3.63) is 16.1 Å². The Balaban J connectivity index is 1.80. The maximum atomic E-state index is 12.9. The van der Waals surface area contributed by atoms with E-state index in [2.05, 4.69) is 23.7 Å². The summed E-state index contributed by atoms with van der Waals surface area (Å²) in [6.07, 6.45) is 8.86. The van der Waals surface area contributed by atoms with Crippen molar-refractivity contribution in [3.63, 3.8) is 0 Å². The molecule has 3 nitrogen and oxygen atoms in total. The van der Waals surface area contributed by atoms with Gasteiger partial charge in [-0.3, -0.25) is 4.79 Å². The predicted molar refractivity (Wildman–Crippen MR) is 86.8 cm³/mol. The van der Waals surface area contributed by atoms with Crippen molar-refractivity contribution in [2.24, 2.45) is 5.92 Å². The fraction of sp³-hybridized carbons (Fsp3) is 0.765. The maximum absolute atomic E-state index is 12.9. The number of likely N-dealkylation sites (tertiary alicyclic amines) is 1. The number of nitrogens with zero attached hydrogens (tertiary/aromatic N) is 2. The molecule has 0 N–H and O–H groups in total. The fourth-order valence-corrected chi connectivity index (χ4v) is 4.65. The average Bonchev–Trinajstić information content (AvgIpc) is 2.88. The molecule has 0 unspecified atom stereocenters. The number of hydrogen-bond donors (Lipinski definition) is 0. The molecule has 2 atom stereocenters. The minimum Gasteiger partial charge on any atom is -0.334 e. The number of hydrogen-bond acceptors (Lipinski definition) is 3. The molecular formula is C17H26N2OS. The van der Waals surface area contributed by atoms with E-state index >= 15 is 0 Å². The van der Waals surface area contributed by atoms with Crippen LogP contribution < -0.4 is 0 Å². The van der Waals surface area contributed by atoms with Gasteiger partial charge in [0.2, 0.25) is 0 Å². The summed E-state index contributed by atoms with van der Waals surface area (Å²) in [5, 5.41) is 3.04. The molecule has 2 aliphatic rings. The molecule has 1 saturated carbocycles. The van der Waals surface area contributed by atoms with Gasteiger partial charge in [-0.25, -0.2) is 4.98 Å². The van der Waals surface area contributed by atoms with Crippen molar-refractivity contribution in [2.45, 2.75) is 70.8 Å². The Hall–Kier alpha value is -0.900. The highest BCUT2D eigenvalue weighted by Gasteiger charge is 2.35. The van der Waals surface area contributed by atoms with Gasteiger partial charge >= 0.3 is 0 Å². The van der Waals surface area contributed by atoms with Crippen molar-refractivity contribution < 1.29 is 4.79 Å². The summed E-state index contributed by atoms with van der Waals surface area (Å²) in [4.78, 5) is 19.7. The van der Waals surface area contributed by atoms with E-state index in [0.717, 1.165) is 23.9 Å². The van der Waals surface area contributed by atoms with Crippen LogP contribution in [0.15, 0.2) is 5.38 Å². The molecule has 1 aromatic rings. The number of fused-ring (bicyclic) bond motifs is 1. The number of amides is 1. The molecule has 21 heavy (non-hydrogen) atoms. The first-order valence-electron chi connectivity index (χ1n) is 8.43. The van der Waals surface area contributed by atoms with E-state index in [4.69, 9.17) is 0 Å². The summed E-state index contributed by atoms with van der Waals surface area (Å²) in [5.74, 6) is 1.31. The molecule has 3 rings (SSSR count). The van der Waals surface area contributed by atoms with Crippen LogP contribution in [0.3, 0.4) is 0 Å². The van der Waals surface area contributed by atoms with Crippen LogP contribution in [0.4, 0.5) is 0 Å². The van der Waals surface area contributed by atoms with Gasteiger partial charge in [0.05, 0.1) is 5.01 Å². The van der Waals surface area contributed by atoms with E-state index in [1.165, 1.54) is 38.5 Å². The highest BCUT2D eigenvalue weighted by atomic mass is 32.1. The number of carbonyl (C=O) groups is 1. The minimum absolute atomic E-state index is 0.178. The Bertz CT molecular complexity index is 497. The van der Waals surface area contributed by atoms with Crippen LogP contribution in [0.5, 0.6) is 0 Å². The van der Waals surface area contributed by atoms with E-state index in [0.29, 0.717) is 17.7 Å². The highest BCUT2D eigenvalue weighted by Crippen LogP contribution is 2.35. The van der Waals surface area contributed by atoms with Crippen LogP contribution in [0.2, 0.25) is 0 Å². The van der Waals surface area contributed by atoms with Gasteiger partial charge in [0.1, 0.15) is 5.69 Å². The SMILES string of the molecule is CC(C)c1nc(C(=O)N2CCCC[C@H]3CCCC[C@@H]32)cs1. The van der Waals surface area contributed by atoms with Crippen molar-refractivity contribution in [1.29, 1.82) is 0 Å². The smallest absolute Gasteiger partial charge is 0.273 e. The molecule has 0 spiro atoms. The molecule has 0 aromatic carbocycles. The molecule has 2 heterocycles. The lowest BCUT2D eigenvalue weighted by molar-refractivity contribution is 0.0563. The topological polar surface area (TPSA) is 33.2 Å². The maximum Gasteiger partial charge on any atom is 0.273 e. The Morgan fingerprint density at radius 1 is 1.24 bits per heavy atom. The van der Waals surface area contributed by atoms with E-state index in [1.54, 1.807) is 11.3 Å². The Kier molecular flexibility index (Phi) is 4.63. The molecular weight excluding hydrogens is 280 g/mol. The van der Waals surface area contributed by atoms with Crippen LogP contribution >= 0.6 is 11.3 Å². The van der Waals surface area contributed by atoms with Gasteiger partial charge in [-0.1, -0.05) is 33.1 Å². The molecule has 1 aliphatic carbocycles. The van der Waals surface area contributed by atoms with Crippen LogP contribution in [-0.4, -0.2) is 28.4 Å². The summed E-state index contributed by atoms with van der Waals surface area (Å²) in [7, 11) is 0. The van der Waals surface area contributed by atoms with Crippen molar-refractivity contribution >= 4 is 17.2 Å². The molecule has 0 radical (unpaired) electrons. The third-order valence-corrected chi connectivity index (χ3v) is 6.13. The van der Waals surface area contributed by atoms with Gasteiger partial charge < -0.3 is 4.90 Å². The van der Waals surface area contributed by atoms with Crippen LogP contribution in [0.25, 0.3) is 0 Å². The third kappa shape index (κ3) is 3.15. The number of carbonyl (C=O) groups excluding carboxylic acids is 1. The molecule has 0 bridgehead atoms. The van der Waals surface area contributed by atoms with Gasteiger partial charge in [0.25, 0.3) is 5.91 Å². The summed E-state index contributed by atoms with van der Waals surface area (Å²) < 4.78 is 0. The second kappa shape index (κ2) is 6.47. The lowest BCUT2D eigenvalue weighted by Gasteiger charge is -2.38. The van der Waals surface area contributed by atoms with Gasteiger partial charge in [-0.15, -0.1) is 11.3 Å². The van der Waals surface area contributed by atoms with Crippen LogP contribution in [0.1, 0.15) is 80.2 Å². The molecule has 4 heteroatoms. The lowest BCUT2D eigenvalue weighted by Crippen LogP contribution is -2.45. The predicted octanol–water partition coefficient (Wildman–Crippen LogP) is 4.45. The monoisotopic (exact) mass is 306 g/mol. The van der Waals surface area contributed by atoms with E-state index in [-0.39, 0.29) is 5.91 Å². The zero-order valence-electron chi connectivity index (χ0n) is 13.2. The second-order valence-electron chi connectivity index (χ2n) is 6.83. The fourth-order valence-electron chi connectivity index (χ4n) is 3.84. The molecule has 1 saturated heterocycles. The molecule has 1 aliphatic heterocycles. The zero-order chi connectivity index (χ0) is 14.8. The number of thiazole rings is 1. The Morgan fingerprint density at radius 2 is 1.95 bits per heavy atom. The number of rotatable bonds is 2. The number of aromatic nitrogens is 1. The zero-order valence-corrected chi connectivity index (χ0v) is 14.0. The Morgan fingerprint density at radius 3 is 2.67 bits per heavy atom. The van der Waals surface area contributed by atoms with Crippen LogP contribution in [-0.2, 0) is 0 Å². The summed E-state index contributed by atoms with van der Waals surface area (Å²) >= 11 is 1.63. The highest BCUT2D eigenvalue weighted by molar-refractivity contribution is 7.09. The summed E-state index contributed by atoms with van der Waals surface area (Å²) in [6, 6.07) is 0.470. The quantitative estimate of drug-likeness (QED) is 0.808. The first-order valence-corrected chi connectivity index (χ1v) is 9.31. The van der Waals surface area contributed by atoms with Crippen LogP contribution in [0, 0.1) is 5.92 Å². The Labute approximate surface area is 131 Å². The van der Waals surface area contributed by atoms with Crippen molar-refractivity contribution in [3.8, 4) is 0 Å². The average molecular weight is 306 g/mol. The van der Waals surface area contributed by atoms with E-state index in [9.17, 15) is 4.79 Å². The van der Waals surface area contributed by atoms with Gasteiger partial charge in [-0.05, 0) is 31.6 Å². The first-order chi connectivity index (χ1) is 10.2. The largest absolute Gasteiger partial charge is 0.334 e. The van der Waals surface area contributed by atoms with E-state index < -0.39 is 0 Å². The molecule has 2 fully saturated rings. The second-order valence-corrected chi connectivity index (χ2v) is 7.72. The van der Waals surface area contributed by atoms with Gasteiger partial charge in [0, 0.05) is 23.9 Å².